The van der Waals surface area contributed by atoms with Crippen LogP contribution in [0.25, 0.3) is 5.69 Å². The van der Waals surface area contributed by atoms with E-state index in [-0.39, 0.29) is 24.3 Å². The van der Waals surface area contributed by atoms with Crippen molar-refractivity contribution in [2.75, 3.05) is 13.1 Å². The van der Waals surface area contributed by atoms with E-state index in [1.807, 2.05) is 19.1 Å². The minimum atomic E-state index is -4.47. The molecule has 1 amide bonds. The second-order valence-electron chi connectivity index (χ2n) is 10.5. The van der Waals surface area contributed by atoms with Crippen molar-refractivity contribution in [1.82, 2.24) is 14.7 Å². The summed E-state index contributed by atoms with van der Waals surface area (Å²) in [5.41, 5.74) is 2.67. The van der Waals surface area contributed by atoms with Gasteiger partial charge in [0.1, 0.15) is 11.9 Å². The van der Waals surface area contributed by atoms with Crippen molar-refractivity contribution in [2.45, 2.75) is 65.2 Å². The van der Waals surface area contributed by atoms with Gasteiger partial charge in [-0.05, 0) is 80.0 Å². The summed E-state index contributed by atoms with van der Waals surface area (Å²) in [7, 11) is 0. The third-order valence-electron chi connectivity index (χ3n) is 7.23. The first-order valence-electron chi connectivity index (χ1n) is 13.5. The van der Waals surface area contributed by atoms with Gasteiger partial charge in [-0.1, -0.05) is 25.5 Å². The predicted octanol–water partition coefficient (Wildman–Crippen LogP) is 6.76. The number of halogens is 3. The summed E-state index contributed by atoms with van der Waals surface area (Å²) in [5.74, 6) is -0.389. The SMILES string of the molecule is CCCC(Oc1cc(C)c(-n2cc(C(F)(F)F)cn2)c(C)c1)c1ccc(C(=O)N2CCC[C@H](CC(=O)O)C2)cc1. The highest BCUT2D eigenvalue weighted by Gasteiger charge is 2.32. The molecule has 0 aliphatic carbocycles. The van der Waals surface area contributed by atoms with Crippen molar-refractivity contribution in [2.24, 2.45) is 5.92 Å². The Morgan fingerprint density at radius 3 is 2.40 bits per heavy atom. The number of benzene rings is 2. The van der Waals surface area contributed by atoms with Crippen molar-refractivity contribution in [1.29, 1.82) is 0 Å². The Kier molecular flexibility index (Phi) is 8.85. The molecule has 1 saturated heterocycles. The highest BCUT2D eigenvalue weighted by Crippen LogP contribution is 2.33. The van der Waals surface area contributed by atoms with Gasteiger partial charge in [0.15, 0.2) is 0 Å². The molecule has 0 bridgehead atoms. The Morgan fingerprint density at radius 2 is 1.82 bits per heavy atom. The number of hydrogen-bond acceptors (Lipinski definition) is 4. The molecule has 1 aliphatic rings. The van der Waals surface area contributed by atoms with E-state index in [2.05, 4.69) is 5.10 Å². The Bertz CT molecular complexity index is 1330. The van der Waals surface area contributed by atoms with Crippen molar-refractivity contribution in [3.05, 3.63) is 76.6 Å². The minimum absolute atomic E-state index is 0.0323. The maximum absolute atomic E-state index is 13.1. The number of aryl methyl sites for hydroxylation is 2. The van der Waals surface area contributed by atoms with Gasteiger partial charge in [-0.3, -0.25) is 9.59 Å². The molecule has 2 aromatic carbocycles. The lowest BCUT2D eigenvalue weighted by Crippen LogP contribution is -2.40. The van der Waals surface area contributed by atoms with Crippen molar-refractivity contribution >= 4 is 11.9 Å². The monoisotopic (exact) mass is 557 g/mol. The lowest BCUT2D eigenvalue weighted by molar-refractivity contribution is -0.139. The van der Waals surface area contributed by atoms with Crippen LogP contribution >= 0.6 is 0 Å². The third kappa shape index (κ3) is 6.84. The Balaban J connectivity index is 1.49. The fourth-order valence-electron chi connectivity index (χ4n) is 5.34. The largest absolute Gasteiger partial charge is 0.486 e. The highest BCUT2D eigenvalue weighted by molar-refractivity contribution is 5.94. The first-order chi connectivity index (χ1) is 19.0. The maximum Gasteiger partial charge on any atom is 0.419 e. The molecule has 0 radical (unpaired) electrons. The summed E-state index contributed by atoms with van der Waals surface area (Å²) >= 11 is 0. The lowest BCUT2D eigenvalue weighted by Gasteiger charge is -2.32. The lowest BCUT2D eigenvalue weighted by atomic mass is 9.94. The minimum Gasteiger partial charge on any atom is -0.486 e. The number of aromatic nitrogens is 2. The number of carbonyl (C=O) groups is 2. The summed E-state index contributed by atoms with van der Waals surface area (Å²) < 4.78 is 46.8. The molecular weight excluding hydrogens is 523 g/mol. The van der Waals surface area contributed by atoms with E-state index in [1.165, 1.54) is 4.68 Å². The average Bonchev–Trinajstić information content (AvgIpc) is 3.38. The molecule has 0 spiro atoms. The first-order valence-corrected chi connectivity index (χ1v) is 13.5. The van der Waals surface area contributed by atoms with Crippen LogP contribution in [0, 0.1) is 19.8 Å². The van der Waals surface area contributed by atoms with Crippen LogP contribution in [0.1, 0.15) is 77.7 Å². The summed E-state index contributed by atoms with van der Waals surface area (Å²) in [6, 6.07) is 10.9. The predicted molar refractivity (Wildman–Crippen MR) is 144 cm³/mol. The maximum atomic E-state index is 13.1. The Labute approximate surface area is 231 Å². The molecule has 1 unspecified atom stereocenters. The van der Waals surface area contributed by atoms with Gasteiger partial charge < -0.3 is 14.7 Å². The molecule has 1 aromatic heterocycles. The van der Waals surface area contributed by atoms with Crippen LogP contribution in [0.15, 0.2) is 48.8 Å². The van der Waals surface area contributed by atoms with Gasteiger partial charge in [-0.25, -0.2) is 4.68 Å². The summed E-state index contributed by atoms with van der Waals surface area (Å²) in [6.07, 6.45) is 0.288. The third-order valence-corrected chi connectivity index (χ3v) is 7.23. The normalized spacial score (nSPS) is 16.6. The number of nitrogens with zero attached hydrogens (tertiary/aromatic N) is 3. The standard InChI is InChI=1S/C30H34F3N3O4/c1-4-6-26(22-8-10-23(11-9-22)29(39)35-12-5-7-21(17-35)15-27(37)38)40-25-13-19(2)28(20(3)14-25)36-18-24(16-34-36)30(31,32)33/h8-11,13-14,16,18,21,26H,4-7,12,15,17H2,1-3H3,(H,37,38)/t21-,26?/m1/s1. The van der Waals surface area contributed by atoms with Gasteiger partial charge in [-0.15, -0.1) is 0 Å². The number of aliphatic carboxylic acids is 1. The van der Waals surface area contributed by atoms with E-state index in [9.17, 15) is 22.8 Å². The molecule has 2 heterocycles. The zero-order valence-corrected chi connectivity index (χ0v) is 22.9. The number of carboxylic acids is 1. The van der Waals surface area contributed by atoms with E-state index in [0.717, 1.165) is 54.8 Å². The summed E-state index contributed by atoms with van der Waals surface area (Å²) in [6.45, 7) is 6.72. The molecular formula is C30H34F3N3O4. The highest BCUT2D eigenvalue weighted by atomic mass is 19.4. The van der Waals surface area contributed by atoms with E-state index < -0.39 is 17.7 Å². The van der Waals surface area contributed by atoms with Crippen LogP contribution in [0.3, 0.4) is 0 Å². The number of carboxylic acid groups (broad SMARTS) is 1. The Hall–Kier alpha value is -3.82. The topological polar surface area (TPSA) is 84.7 Å². The molecule has 0 saturated carbocycles. The van der Waals surface area contributed by atoms with Crippen molar-refractivity contribution in [3.63, 3.8) is 0 Å². The van der Waals surface area contributed by atoms with Gasteiger partial charge in [0.2, 0.25) is 0 Å². The number of likely N-dealkylation sites (tertiary alicyclic amines) is 1. The van der Waals surface area contributed by atoms with Crippen molar-refractivity contribution < 1.29 is 32.6 Å². The number of amides is 1. The van der Waals surface area contributed by atoms with Crippen LogP contribution in [0.2, 0.25) is 0 Å². The molecule has 214 valence electrons. The molecule has 1 aliphatic heterocycles. The zero-order valence-electron chi connectivity index (χ0n) is 22.9. The van der Waals surface area contributed by atoms with Gasteiger partial charge in [0, 0.05) is 31.3 Å². The van der Waals surface area contributed by atoms with Crippen LogP contribution in [-0.2, 0) is 11.0 Å². The number of carbonyl (C=O) groups excluding carboxylic acids is 1. The zero-order chi connectivity index (χ0) is 29.0. The molecule has 40 heavy (non-hydrogen) atoms. The fraction of sp³-hybridized carbons (Fsp3) is 0.433. The molecule has 3 aromatic rings. The smallest absolute Gasteiger partial charge is 0.419 e. The van der Waals surface area contributed by atoms with Gasteiger partial charge in [0.05, 0.1) is 17.4 Å². The molecule has 1 N–H and O–H groups in total. The van der Waals surface area contributed by atoms with Gasteiger partial charge in [0.25, 0.3) is 5.91 Å². The Morgan fingerprint density at radius 1 is 1.15 bits per heavy atom. The van der Waals surface area contributed by atoms with Crippen LogP contribution in [0.5, 0.6) is 5.75 Å². The molecule has 10 heteroatoms. The van der Waals surface area contributed by atoms with Gasteiger partial charge in [-0.2, -0.15) is 18.3 Å². The number of hydrogen-bond donors (Lipinski definition) is 1. The van der Waals surface area contributed by atoms with Gasteiger partial charge >= 0.3 is 12.1 Å². The van der Waals surface area contributed by atoms with Crippen molar-refractivity contribution in [3.8, 4) is 11.4 Å². The molecule has 2 atom stereocenters. The fourth-order valence-corrected chi connectivity index (χ4v) is 5.34. The molecule has 1 fully saturated rings. The number of rotatable bonds is 9. The van der Waals surface area contributed by atoms with E-state index in [0.29, 0.717) is 30.1 Å². The summed E-state index contributed by atoms with van der Waals surface area (Å²) in [5, 5.41) is 13.0. The molecule has 7 nitrogen and oxygen atoms in total. The van der Waals surface area contributed by atoms with E-state index in [1.54, 1.807) is 43.0 Å². The first kappa shape index (κ1) is 29.2. The number of ether oxygens (including phenoxy) is 1. The second-order valence-corrected chi connectivity index (χ2v) is 10.5. The van der Waals surface area contributed by atoms with Crippen LogP contribution in [0.4, 0.5) is 13.2 Å². The second kappa shape index (κ2) is 12.1. The number of alkyl halides is 3. The summed E-state index contributed by atoms with van der Waals surface area (Å²) in [4.78, 5) is 25.9. The van der Waals surface area contributed by atoms with E-state index in [4.69, 9.17) is 9.84 Å². The average molecular weight is 558 g/mol. The quantitative estimate of drug-likeness (QED) is 0.314. The number of piperidine rings is 1. The van der Waals surface area contributed by atoms with E-state index >= 15 is 0 Å². The van der Waals surface area contributed by atoms with Crippen LogP contribution in [-0.4, -0.2) is 44.8 Å². The van der Waals surface area contributed by atoms with Crippen LogP contribution < -0.4 is 4.74 Å². The molecule has 4 rings (SSSR count).